The van der Waals surface area contributed by atoms with E-state index < -0.39 is 0 Å². The van der Waals surface area contributed by atoms with E-state index in [4.69, 9.17) is 0 Å². The second kappa shape index (κ2) is 35.1. The second-order valence-electron chi connectivity index (χ2n) is 21.7. The quantitative estimate of drug-likeness (QED) is 0.0490. The van der Waals surface area contributed by atoms with Crippen molar-refractivity contribution in [2.75, 3.05) is 13.1 Å². The maximum absolute atomic E-state index is 14.5. The van der Waals surface area contributed by atoms with Gasteiger partial charge in [0.2, 0.25) is 0 Å². The first-order chi connectivity index (χ1) is 33.4. The van der Waals surface area contributed by atoms with Gasteiger partial charge in [0, 0.05) is 46.1 Å². The van der Waals surface area contributed by atoms with Crippen LogP contribution in [0.3, 0.4) is 0 Å². The first kappa shape index (κ1) is 57.6. The Bertz CT molecular complexity index is 1540. The van der Waals surface area contributed by atoms with E-state index in [2.05, 4.69) is 27.7 Å². The molecule has 4 rings (SSSR count). The van der Waals surface area contributed by atoms with Gasteiger partial charge in [0.25, 0.3) is 23.6 Å². The standard InChI is InChI=1S/C62H102N2O4/c1-5-9-13-17-21-25-27-31-35-39-43-51(41-37-33-29-23-19-15-11-7-3)49-63-59(65)53-45-47-55-58-56(48-46-54(57(53)58)60(63)66)62(68)64(61(55)67)50-52(42-38-34-30-24-20-16-12-8-4)44-40-36-32-28-26-22-18-14-10-6-2/h45-48,51-52H,5-44,49-50H2,1-4H3. The van der Waals surface area contributed by atoms with Crippen molar-refractivity contribution in [3.8, 4) is 0 Å². The Morgan fingerprint density at radius 2 is 0.456 bits per heavy atom. The summed E-state index contributed by atoms with van der Waals surface area (Å²) in [6.45, 7) is 9.94. The van der Waals surface area contributed by atoms with Gasteiger partial charge in [-0.25, -0.2) is 0 Å². The molecule has 0 radical (unpaired) electrons. The number of imide groups is 2. The summed E-state index contributed by atoms with van der Waals surface area (Å²) in [4.78, 5) is 60.9. The van der Waals surface area contributed by atoms with Crippen molar-refractivity contribution in [2.24, 2.45) is 11.8 Å². The van der Waals surface area contributed by atoms with Gasteiger partial charge in [-0.15, -0.1) is 0 Å². The smallest absolute Gasteiger partial charge is 0.261 e. The lowest BCUT2D eigenvalue weighted by molar-refractivity contribution is 0.0556. The summed E-state index contributed by atoms with van der Waals surface area (Å²) in [6, 6.07) is 7.10. The summed E-state index contributed by atoms with van der Waals surface area (Å²) >= 11 is 0. The summed E-state index contributed by atoms with van der Waals surface area (Å²) in [5, 5.41) is 1.01. The number of benzene rings is 2. The molecule has 0 aliphatic carbocycles. The summed E-state index contributed by atoms with van der Waals surface area (Å²) in [5.74, 6) is -0.581. The van der Waals surface area contributed by atoms with E-state index in [1.165, 1.54) is 215 Å². The summed E-state index contributed by atoms with van der Waals surface area (Å²) < 4.78 is 0. The zero-order valence-corrected chi connectivity index (χ0v) is 44.7. The fourth-order valence-electron chi connectivity index (χ4n) is 11.5. The van der Waals surface area contributed by atoms with Crippen LogP contribution >= 0.6 is 0 Å². The normalized spacial score (nSPS) is 14.5. The van der Waals surface area contributed by atoms with Crippen LogP contribution in [0.15, 0.2) is 24.3 Å². The molecule has 0 aromatic heterocycles. The molecule has 6 nitrogen and oxygen atoms in total. The molecule has 0 spiro atoms. The van der Waals surface area contributed by atoms with Gasteiger partial charge in [-0.2, -0.15) is 0 Å². The molecule has 384 valence electrons. The van der Waals surface area contributed by atoms with Crippen molar-refractivity contribution in [1.82, 2.24) is 9.80 Å². The van der Waals surface area contributed by atoms with Gasteiger partial charge < -0.3 is 0 Å². The summed E-state index contributed by atoms with van der Waals surface area (Å²) in [7, 11) is 0. The van der Waals surface area contributed by atoms with Gasteiger partial charge in [0.15, 0.2) is 0 Å². The number of carbonyl (C=O) groups excluding carboxylic acids is 4. The maximum Gasteiger partial charge on any atom is 0.261 e. The lowest BCUT2D eigenvalue weighted by Gasteiger charge is -2.34. The molecule has 4 amide bonds. The van der Waals surface area contributed by atoms with E-state index in [9.17, 15) is 19.2 Å². The second-order valence-corrected chi connectivity index (χ2v) is 21.7. The third-order valence-electron chi connectivity index (χ3n) is 15.8. The monoisotopic (exact) mass is 939 g/mol. The van der Waals surface area contributed by atoms with Crippen LogP contribution in [0.2, 0.25) is 0 Å². The highest BCUT2D eigenvalue weighted by Crippen LogP contribution is 2.39. The number of hydrogen-bond donors (Lipinski definition) is 0. The molecule has 2 aromatic carbocycles. The number of amides is 4. The van der Waals surface area contributed by atoms with Crippen LogP contribution in [-0.4, -0.2) is 46.5 Å². The highest BCUT2D eigenvalue weighted by molar-refractivity contribution is 6.33. The van der Waals surface area contributed by atoms with Crippen LogP contribution in [0.1, 0.15) is 326 Å². The van der Waals surface area contributed by atoms with Gasteiger partial charge in [-0.1, -0.05) is 259 Å². The summed E-state index contributed by atoms with van der Waals surface area (Å²) in [5.41, 5.74) is 1.81. The van der Waals surface area contributed by atoms with Crippen LogP contribution in [-0.2, 0) is 0 Å². The van der Waals surface area contributed by atoms with E-state index in [0.29, 0.717) is 46.1 Å². The molecular formula is C62H102N2O4. The first-order valence-corrected chi connectivity index (χ1v) is 29.7. The predicted molar refractivity (Wildman–Crippen MR) is 289 cm³/mol. The molecule has 2 aliphatic rings. The van der Waals surface area contributed by atoms with Crippen LogP contribution in [0, 0.1) is 11.8 Å². The minimum atomic E-state index is -0.278. The molecule has 0 fully saturated rings. The largest absolute Gasteiger partial charge is 0.274 e. The Hall–Kier alpha value is -3.02. The molecule has 2 aliphatic heterocycles. The molecule has 0 bridgehead atoms. The van der Waals surface area contributed by atoms with E-state index in [1.807, 2.05) is 0 Å². The highest BCUT2D eigenvalue weighted by Gasteiger charge is 2.40. The van der Waals surface area contributed by atoms with Crippen molar-refractivity contribution < 1.29 is 19.2 Å². The Kier molecular flexibility index (Phi) is 29.7. The predicted octanol–water partition coefficient (Wildman–Crippen LogP) is 18.9. The van der Waals surface area contributed by atoms with Gasteiger partial charge in [0.05, 0.1) is 0 Å². The number of hydrogen-bond acceptors (Lipinski definition) is 4. The average Bonchev–Trinajstić information content (AvgIpc) is 3.34. The average molecular weight is 940 g/mol. The number of nitrogens with zero attached hydrogens (tertiary/aromatic N) is 2. The number of unbranched alkanes of at least 4 members (excludes halogenated alkanes) is 32. The molecule has 0 saturated heterocycles. The molecule has 0 saturated carbocycles. The Balaban J connectivity index is 1.41. The van der Waals surface area contributed by atoms with Crippen LogP contribution in [0.25, 0.3) is 10.8 Å². The van der Waals surface area contributed by atoms with Crippen molar-refractivity contribution in [2.45, 2.75) is 285 Å². The Morgan fingerprint density at radius 1 is 0.279 bits per heavy atom. The van der Waals surface area contributed by atoms with Crippen LogP contribution in [0.4, 0.5) is 0 Å². The lowest BCUT2D eigenvalue weighted by Crippen LogP contribution is -2.45. The van der Waals surface area contributed by atoms with E-state index in [-0.39, 0.29) is 35.5 Å². The lowest BCUT2D eigenvalue weighted by atomic mass is 9.84. The van der Waals surface area contributed by atoms with Crippen molar-refractivity contribution in [3.63, 3.8) is 0 Å². The van der Waals surface area contributed by atoms with Crippen LogP contribution < -0.4 is 0 Å². The number of carbonyl (C=O) groups is 4. The highest BCUT2D eigenvalue weighted by atomic mass is 16.2. The molecule has 2 aromatic rings. The van der Waals surface area contributed by atoms with Gasteiger partial charge >= 0.3 is 0 Å². The fraction of sp³-hybridized carbons (Fsp3) is 0.774. The zero-order chi connectivity index (χ0) is 48.6. The fourth-order valence-corrected chi connectivity index (χ4v) is 11.5. The molecule has 2 heterocycles. The zero-order valence-electron chi connectivity index (χ0n) is 44.7. The Morgan fingerprint density at radius 3 is 0.647 bits per heavy atom. The maximum atomic E-state index is 14.5. The molecule has 0 N–H and O–H groups in total. The van der Waals surface area contributed by atoms with Gasteiger partial charge in [0.1, 0.15) is 0 Å². The van der Waals surface area contributed by atoms with Gasteiger partial charge in [-0.3, -0.25) is 29.0 Å². The summed E-state index contributed by atoms with van der Waals surface area (Å²) in [6.07, 6.45) is 50.2. The third kappa shape index (κ3) is 19.6. The molecule has 6 heteroatoms. The van der Waals surface area contributed by atoms with E-state index in [1.54, 1.807) is 24.3 Å². The SMILES string of the molecule is CCCCCCCCCCCCC(CCCCCCCCCC)CN1C(=O)c2ccc3c4c(ccc(c24)C1=O)C(=O)N(CC(CCCCCCCCCC)CCCCCCCCCCCC)C3=O. The van der Waals surface area contributed by atoms with E-state index in [0.717, 1.165) is 51.4 Å². The van der Waals surface area contributed by atoms with Crippen molar-refractivity contribution in [3.05, 3.63) is 46.5 Å². The Labute approximate surface area is 417 Å². The minimum Gasteiger partial charge on any atom is -0.274 e. The third-order valence-corrected chi connectivity index (χ3v) is 15.8. The van der Waals surface area contributed by atoms with Crippen molar-refractivity contribution >= 4 is 34.4 Å². The first-order valence-electron chi connectivity index (χ1n) is 29.7. The van der Waals surface area contributed by atoms with Crippen molar-refractivity contribution in [1.29, 1.82) is 0 Å². The minimum absolute atomic E-state index is 0.266. The van der Waals surface area contributed by atoms with E-state index >= 15 is 0 Å². The van der Waals surface area contributed by atoms with Crippen LogP contribution in [0.5, 0.6) is 0 Å². The topological polar surface area (TPSA) is 74.8 Å². The molecule has 68 heavy (non-hydrogen) atoms. The molecular weight excluding hydrogens is 837 g/mol. The molecule has 2 unspecified atom stereocenters. The number of rotatable bonds is 44. The van der Waals surface area contributed by atoms with Gasteiger partial charge in [-0.05, 0) is 61.8 Å². The molecule has 2 atom stereocenters.